The van der Waals surface area contributed by atoms with Crippen LogP contribution in [0.3, 0.4) is 0 Å². The highest BCUT2D eigenvalue weighted by atomic mass is 28.4. The van der Waals surface area contributed by atoms with Crippen LogP contribution < -0.4 is 9.74 Å². The fourth-order valence-corrected chi connectivity index (χ4v) is 3.46. The third kappa shape index (κ3) is 3.64. The summed E-state index contributed by atoms with van der Waals surface area (Å²) in [6.07, 6.45) is 2.48. The van der Waals surface area contributed by atoms with Gasteiger partial charge in [-0.05, 0) is 67.7 Å². The predicted octanol–water partition coefficient (Wildman–Crippen LogP) is 4.54. The molecule has 112 valence electrons. The molecule has 2 nitrogen and oxygen atoms in total. The summed E-state index contributed by atoms with van der Waals surface area (Å²) in [5.74, 6) is 1.76. The van der Waals surface area contributed by atoms with E-state index < -0.39 is 8.32 Å². The van der Waals surface area contributed by atoms with Crippen LogP contribution in [0.15, 0.2) is 24.3 Å². The van der Waals surface area contributed by atoms with Crippen LogP contribution >= 0.6 is 0 Å². The van der Waals surface area contributed by atoms with E-state index in [4.69, 9.17) is 4.43 Å². The maximum atomic E-state index is 6.42. The summed E-state index contributed by atoms with van der Waals surface area (Å²) in [6, 6.07) is 8.80. The summed E-state index contributed by atoms with van der Waals surface area (Å²) < 4.78 is 6.42. The first-order valence-electron chi connectivity index (χ1n) is 7.79. The van der Waals surface area contributed by atoms with Crippen LogP contribution in [0.1, 0.15) is 45.1 Å². The molecule has 0 unspecified atom stereocenters. The smallest absolute Gasteiger partial charge is 0.250 e. The van der Waals surface area contributed by atoms with Crippen LogP contribution in [0.2, 0.25) is 18.1 Å². The Morgan fingerprint density at radius 2 is 1.80 bits per heavy atom. The van der Waals surface area contributed by atoms with Gasteiger partial charge in [0.15, 0.2) is 0 Å². The molecule has 1 aromatic rings. The molecule has 3 heteroatoms. The summed E-state index contributed by atoms with van der Waals surface area (Å²) in [5.41, 5.74) is 1.45. The lowest BCUT2D eigenvalue weighted by Crippen LogP contribution is -2.43. The van der Waals surface area contributed by atoms with Gasteiger partial charge in [0.05, 0.1) is 0 Å². The van der Waals surface area contributed by atoms with Crippen molar-refractivity contribution in [3.63, 3.8) is 0 Å². The lowest BCUT2D eigenvalue weighted by atomic mass is 9.90. The molecule has 20 heavy (non-hydrogen) atoms. The average Bonchev–Trinajstić information content (AvgIpc) is 2.38. The van der Waals surface area contributed by atoms with Crippen molar-refractivity contribution in [2.45, 2.75) is 57.7 Å². The summed E-state index contributed by atoms with van der Waals surface area (Å²) in [6.45, 7) is 13.8. The molecule has 2 rings (SSSR count). The Kier molecular flexibility index (Phi) is 4.60. The molecule has 1 aliphatic heterocycles. The molecule has 0 aliphatic carbocycles. The molecule has 0 aromatic heterocycles. The lowest BCUT2D eigenvalue weighted by Gasteiger charge is -2.36. The zero-order chi connectivity index (χ0) is 14.8. The van der Waals surface area contributed by atoms with E-state index in [1.807, 2.05) is 0 Å². The maximum absolute atomic E-state index is 6.42. The summed E-state index contributed by atoms with van der Waals surface area (Å²) in [5, 5.41) is 3.68. The van der Waals surface area contributed by atoms with Crippen molar-refractivity contribution < 1.29 is 4.43 Å². The normalized spacial score (nSPS) is 18.1. The molecular weight excluding hydrogens is 262 g/mol. The number of hydrogen-bond acceptors (Lipinski definition) is 2. The van der Waals surface area contributed by atoms with Crippen molar-refractivity contribution in [3.8, 4) is 5.75 Å². The Morgan fingerprint density at radius 1 is 1.15 bits per heavy atom. The zero-order valence-corrected chi connectivity index (χ0v) is 14.6. The van der Waals surface area contributed by atoms with Gasteiger partial charge in [-0.15, -0.1) is 0 Å². The van der Waals surface area contributed by atoms with Crippen molar-refractivity contribution in [2.24, 2.45) is 0 Å². The number of piperidine rings is 1. The Labute approximate surface area is 125 Å². The van der Waals surface area contributed by atoms with Gasteiger partial charge in [-0.25, -0.2) is 0 Å². The Morgan fingerprint density at radius 3 is 2.40 bits per heavy atom. The quantitative estimate of drug-likeness (QED) is 0.826. The van der Waals surface area contributed by atoms with Gasteiger partial charge in [-0.2, -0.15) is 0 Å². The van der Waals surface area contributed by atoms with Crippen LogP contribution in [-0.4, -0.2) is 21.4 Å². The molecule has 1 heterocycles. The molecule has 1 N–H and O–H groups in total. The standard InChI is InChI=1S/C17H29NOSi/c1-17(2,3)20(4,5)19-16-8-6-7-15(13-16)14-9-11-18-12-10-14/h6-8,13-14,18H,9-12H2,1-5H3. The third-order valence-corrected chi connectivity index (χ3v) is 9.21. The number of nitrogens with one attached hydrogen (secondary N) is 1. The van der Waals surface area contributed by atoms with Crippen LogP contribution in [0.4, 0.5) is 0 Å². The first-order chi connectivity index (χ1) is 9.29. The minimum Gasteiger partial charge on any atom is -0.543 e. The van der Waals surface area contributed by atoms with E-state index in [2.05, 4.69) is 63.4 Å². The molecular formula is C17H29NOSi. The second-order valence-electron chi connectivity index (χ2n) is 7.46. The molecule has 1 fully saturated rings. The molecule has 0 spiro atoms. The average molecular weight is 292 g/mol. The Balaban J connectivity index is 2.13. The van der Waals surface area contributed by atoms with Gasteiger partial charge >= 0.3 is 0 Å². The van der Waals surface area contributed by atoms with Crippen molar-refractivity contribution in [2.75, 3.05) is 13.1 Å². The topological polar surface area (TPSA) is 21.3 Å². The van der Waals surface area contributed by atoms with Gasteiger partial charge in [0.1, 0.15) is 5.75 Å². The second kappa shape index (κ2) is 5.90. The Bertz CT molecular complexity index is 445. The van der Waals surface area contributed by atoms with Gasteiger partial charge in [-0.1, -0.05) is 32.9 Å². The number of rotatable bonds is 3. The SMILES string of the molecule is CC(C)(C)[Si](C)(C)Oc1cccc(C2CCNCC2)c1. The van der Waals surface area contributed by atoms with Crippen molar-refractivity contribution >= 4 is 8.32 Å². The van der Waals surface area contributed by atoms with Gasteiger partial charge in [0.2, 0.25) is 8.32 Å². The minimum atomic E-state index is -1.73. The van der Waals surface area contributed by atoms with E-state index in [0.29, 0.717) is 5.92 Å². The van der Waals surface area contributed by atoms with E-state index in [0.717, 1.165) is 18.8 Å². The molecule has 1 aromatic carbocycles. The molecule has 1 aliphatic rings. The van der Waals surface area contributed by atoms with Gasteiger partial charge in [0.25, 0.3) is 0 Å². The molecule has 0 amide bonds. The molecule has 0 radical (unpaired) electrons. The molecule has 0 atom stereocenters. The van der Waals surface area contributed by atoms with E-state index >= 15 is 0 Å². The predicted molar refractivity (Wildman–Crippen MR) is 89.1 cm³/mol. The van der Waals surface area contributed by atoms with E-state index in [1.54, 1.807) is 0 Å². The molecule has 1 saturated heterocycles. The summed E-state index contributed by atoms with van der Waals surface area (Å²) in [7, 11) is -1.73. The Hall–Kier alpha value is -0.803. The maximum Gasteiger partial charge on any atom is 0.250 e. The second-order valence-corrected chi connectivity index (χ2v) is 12.2. The summed E-state index contributed by atoms with van der Waals surface area (Å²) >= 11 is 0. The van der Waals surface area contributed by atoms with Crippen molar-refractivity contribution in [3.05, 3.63) is 29.8 Å². The fourth-order valence-electron chi connectivity index (χ4n) is 2.43. The van der Waals surface area contributed by atoms with Crippen LogP contribution in [0.5, 0.6) is 5.75 Å². The number of hydrogen-bond donors (Lipinski definition) is 1. The minimum absolute atomic E-state index is 0.248. The first kappa shape index (κ1) is 15.6. The fraction of sp³-hybridized carbons (Fsp3) is 0.647. The van der Waals surface area contributed by atoms with Crippen molar-refractivity contribution in [1.82, 2.24) is 5.32 Å². The van der Waals surface area contributed by atoms with E-state index in [1.165, 1.54) is 18.4 Å². The zero-order valence-electron chi connectivity index (χ0n) is 13.6. The van der Waals surface area contributed by atoms with E-state index in [9.17, 15) is 0 Å². The van der Waals surface area contributed by atoms with Crippen LogP contribution in [-0.2, 0) is 0 Å². The lowest BCUT2D eigenvalue weighted by molar-refractivity contribution is 0.456. The molecule has 0 saturated carbocycles. The highest BCUT2D eigenvalue weighted by Gasteiger charge is 2.39. The monoisotopic (exact) mass is 291 g/mol. The highest BCUT2D eigenvalue weighted by Crippen LogP contribution is 2.38. The first-order valence-corrected chi connectivity index (χ1v) is 10.7. The van der Waals surface area contributed by atoms with Crippen LogP contribution in [0, 0.1) is 0 Å². The van der Waals surface area contributed by atoms with Crippen molar-refractivity contribution in [1.29, 1.82) is 0 Å². The van der Waals surface area contributed by atoms with Gasteiger partial charge in [-0.3, -0.25) is 0 Å². The van der Waals surface area contributed by atoms with Crippen LogP contribution in [0.25, 0.3) is 0 Å². The number of benzene rings is 1. The molecule has 0 bridgehead atoms. The third-order valence-electron chi connectivity index (χ3n) is 4.85. The van der Waals surface area contributed by atoms with Gasteiger partial charge < -0.3 is 9.74 Å². The summed E-state index contributed by atoms with van der Waals surface area (Å²) in [4.78, 5) is 0. The van der Waals surface area contributed by atoms with E-state index in [-0.39, 0.29) is 5.04 Å². The highest BCUT2D eigenvalue weighted by molar-refractivity contribution is 6.74. The largest absolute Gasteiger partial charge is 0.543 e. The van der Waals surface area contributed by atoms with Gasteiger partial charge in [0, 0.05) is 0 Å².